The Kier molecular flexibility index (Phi) is 3.84. The zero-order valence-corrected chi connectivity index (χ0v) is 13.1. The van der Waals surface area contributed by atoms with E-state index in [2.05, 4.69) is 24.1 Å². The summed E-state index contributed by atoms with van der Waals surface area (Å²) in [6.07, 6.45) is 3.78. The van der Waals surface area contributed by atoms with Crippen LogP contribution in [0.4, 0.5) is 0 Å². The number of fused-ring (bicyclic) bond motifs is 1. The first-order valence-electron chi connectivity index (χ1n) is 7.71. The molecule has 2 fully saturated rings. The lowest BCUT2D eigenvalue weighted by Gasteiger charge is -2.43. The fourth-order valence-electron chi connectivity index (χ4n) is 4.24. The average molecular weight is 291 g/mol. The molecule has 1 saturated carbocycles. The molecule has 0 bridgehead atoms. The largest absolute Gasteiger partial charge is 0.493 e. The van der Waals surface area contributed by atoms with Crippen molar-refractivity contribution in [1.82, 2.24) is 4.90 Å². The topological polar surface area (TPSA) is 41.9 Å². The molecule has 21 heavy (non-hydrogen) atoms. The Labute approximate surface area is 126 Å². The SMILES string of the molecule is COc1ccc([C@@]23CC[C@@H](O)C[C@@H]2N(C)CC3)cc1OC. The molecule has 1 heterocycles. The van der Waals surface area contributed by atoms with E-state index in [9.17, 15) is 5.11 Å². The zero-order chi connectivity index (χ0) is 15.0. The number of aliphatic hydroxyl groups is 1. The number of ether oxygens (including phenoxy) is 2. The van der Waals surface area contributed by atoms with E-state index in [-0.39, 0.29) is 11.5 Å². The number of methoxy groups -OCH3 is 2. The lowest BCUT2D eigenvalue weighted by atomic mass is 9.65. The van der Waals surface area contributed by atoms with E-state index in [4.69, 9.17) is 9.47 Å². The van der Waals surface area contributed by atoms with Crippen LogP contribution in [0.15, 0.2) is 18.2 Å². The number of benzene rings is 1. The summed E-state index contributed by atoms with van der Waals surface area (Å²) in [4.78, 5) is 2.40. The van der Waals surface area contributed by atoms with E-state index in [1.54, 1.807) is 14.2 Å². The Balaban J connectivity index is 2.01. The van der Waals surface area contributed by atoms with Crippen LogP contribution in [0.25, 0.3) is 0 Å². The molecule has 3 rings (SSSR count). The molecule has 1 aromatic carbocycles. The van der Waals surface area contributed by atoms with Crippen molar-refractivity contribution in [3.63, 3.8) is 0 Å². The van der Waals surface area contributed by atoms with Crippen LogP contribution >= 0.6 is 0 Å². The highest BCUT2D eigenvalue weighted by atomic mass is 16.5. The molecule has 4 heteroatoms. The maximum absolute atomic E-state index is 10.0. The smallest absolute Gasteiger partial charge is 0.161 e. The lowest BCUT2D eigenvalue weighted by molar-refractivity contribution is 0.0566. The van der Waals surface area contributed by atoms with Crippen molar-refractivity contribution in [2.45, 2.75) is 43.2 Å². The van der Waals surface area contributed by atoms with E-state index >= 15 is 0 Å². The van der Waals surface area contributed by atoms with Gasteiger partial charge >= 0.3 is 0 Å². The van der Waals surface area contributed by atoms with Gasteiger partial charge in [0.2, 0.25) is 0 Å². The molecule has 0 radical (unpaired) electrons. The number of likely N-dealkylation sites (N-methyl/N-ethyl adjacent to an activating group) is 1. The molecule has 0 unspecified atom stereocenters. The molecule has 116 valence electrons. The van der Waals surface area contributed by atoms with Gasteiger partial charge in [-0.2, -0.15) is 0 Å². The van der Waals surface area contributed by atoms with Crippen LogP contribution in [0.2, 0.25) is 0 Å². The van der Waals surface area contributed by atoms with Crippen LogP contribution in [-0.2, 0) is 5.41 Å². The number of hydrogen-bond donors (Lipinski definition) is 1. The van der Waals surface area contributed by atoms with Crippen LogP contribution < -0.4 is 9.47 Å². The first-order valence-corrected chi connectivity index (χ1v) is 7.71. The van der Waals surface area contributed by atoms with Crippen molar-refractivity contribution >= 4 is 0 Å². The van der Waals surface area contributed by atoms with E-state index in [0.717, 1.165) is 43.7 Å². The predicted molar refractivity (Wildman–Crippen MR) is 82.1 cm³/mol. The maximum atomic E-state index is 10.0. The fourth-order valence-corrected chi connectivity index (χ4v) is 4.24. The zero-order valence-electron chi connectivity index (χ0n) is 13.1. The Bertz CT molecular complexity index is 519. The van der Waals surface area contributed by atoms with Crippen LogP contribution in [0.3, 0.4) is 0 Å². The van der Waals surface area contributed by atoms with Gasteiger partial charge in [0.05, 0.1) is 20.3 Å². The van der Waals surface area contributed by atoms with Crippen LogP contribution in [-0.4, -0.2) is 50.0 Å². The minimum atomic E-state index is -0.163. The number of rotatable bonds is 3. The van der Waals surface area contributed by atoms with E-state index in [1.807, 2.05) is 6.07 Å². The molecular weight excluding hydrogens is 266 g/mol. The van der Waals surface area contributed by atoms with E-state index in [0.29, 0.717) is 6.04 Å². The molecule has 1 N–H and O–H groups in total. The second-order valence-electron chi connectivity index (χ2n) is 6.40. The summed E-state index contributed by atoms with van der Waals surface area (Å²) in [5.74, 6) is 1.57. The number of likely N-dealkylation sites (tertiary alicyclic amines) is 1. The normalized spacial score (nSPS) is 32.8. The van der Waals surface area contributed by atoms with Crippen molar-refractivity contribution in [2.75, 3.05) is 27.8 Å². The Hall–Kier alpha value is -1.26. The summed E-state index contributed by atoms with van der Waals surface area (Å²) in [6.45, 7) is 1.09. The summed E-state index contributed by atoms with van der Waals surface area (Å²) < 4.78 is 10.8. The van der Waals surface area contributed by atoms with Gasteiger partial charge in [-0.25, -0.2) is 0 Å². The number of hydrogen-bond acceptors (Lipinski definition) is 4. The van der Waals surface area contributed by atoms with Gasteiger partial charge in [-0.15, -0.1) is 0 Å². The van der Waals surface area contributed by atoms with Gasteiger partial charge in [0.1, 0.15) is 0 Å². The van der Waals surface area contributed by atoms with Crippen molar-refractivity contribution in [2.24, 2.45) is 0 Å². The van der Waals surface area contributed by atoms with Gasteiger partial charge in [0.15, 0.2) is 11.5 Å². The van der Waals surface area contributed by atoms with Crippen LogP contribution in [0, 0.1) is 0 Å². The molecule has 1 aliphatic heterocycles. The maximum Gasteiger partial charge on any atom is 0.161 e. The third-order valence-corrected chi connectivity index (χ3v) is 5.46. The Morgan fingerprint density at radius 2 is 1.95 bits per heavy atom. The van der Waals surface area contributed by atoms with Crippen molar-refractivity contribution in [3.8, 4) is 11.5 Å². The molecule has 1 aromatic rings. The summed E-state index contributed by atoms with van der Waals surface area (Å²) >= 11 is 0. The standard InChI is InChI=1S/C17H25NO3/c1-18-9-8-17(7-6-13(19)11-16(17)18)12-4-5-14(20-2)15(10-12)21-3/h4-5,10,13,16,19H,6-9,11H2,1-3H3/t13-,16+,17+/m1/s1. The monoisotopic (exact) mass is 291 g/mol. The van der Waals surface area contributed by atoms with E-state index < -0.39 is 0 Å². The molecule has 2 aliphatic rings. The molecule has 3 atom stereocenters. The predicted octanol–water partition coefficient (Wildman–Crippen LogP) is 2.19. The second kappa shape index (κ2) is 5.50. The Morgan fingerprint density at radius 3 is 2.67 bits per heavy atom. The van der Waals surface area contributed by atoms with Crippen molar-refractivity contribution in [1.29, 1.82) is 0 Å². The summed E-state index contributed by atoms with van der Waals surface area (Å²) in [5.41, 5.74) is 1.47. The molecule has 0 aromatic heterocycles. The minimum Gasteiger partial charge on any atom is -0.493 e. The molecule has 0 amide bonds. The van der Waals surface area contributed by atoms with Crippen LogP contribution in [0.5, 0.6) is 11.5 Å². The lowest BCUT2D eigenvalue weighted by Crippen LogP contribution is -2.47. The fraction of sp³-hybridized carbons (Fsp3) is 0.647. The van der Waals surface area contributed by atoms with Crippen molar-refractivity contribution in [3.05, 3.63) is 23.8 Å². The third-order valence-electron chi connectivity index (χ3n) is 5.46. The number of aliphatic hydroxyl groups excluding tert-OH is 1. The van der Waals surface area contributed by atoms with Gasteiger partial charge in [-0.3, -0.25) is 0 Å². The third kappa shape index (κ3) is 2.30. The molecule has 1 saturated heterocycles. The Morgan fingerprint density at radius 1 is 1.19 bits per heavy atom. The minimum absolute atomic E-state index is 0.146. The highest BCUT2D eigenvalue weighted by molar-refractivity contribution is 5.46. The molecule has 1 aliphatic carbocycles. The summed E-state index contributed by atoms with van der Waals surface area (Å²) in [5, 5.41) is 10.0. The van der Waals surface area contributed by atoms with Gasteiger partial charge in [0.25, 0.3) is 0 Å². The second-order valence-corrected chi connectivity index (χ2v) is 6.40. The van der Waals surface area contributed by atoms with Gasteiger partial charge < -0.3 is 19.5 Å². The summed E-state index contributed by atoms with van der Waals surface area (Å²) in [7, 11) is 5.52. The van der Waals surface area contributed by atoms with Crippen molar-refractivity contribution < 1.29 is 14.6 Å². The first kappa shape index (κ1) is 14.7. The summed E-state index contributed by atoms with van der Waals surface area (Å²) in [6, 6.07) is 6.72. The first-order chi connectivity index (χ1) is 10.1. The highest BCUT2D eigenvalue weighted by Crippen LogP contribution is 2.49. The van der Waals surface area contributed by atoms with Gasteiger partial charge in [-0.05, 0) is 57.0 Å². The quantitative estimate of drug-likeness (QED) is 0.927. The molecule has 4 nitrogen and oxygen atoms in total. The highest BCUT2D eigenvalue weighted by Gasteiger charge is 2.50. The molecule has 0 spiro atoms. The average Bonchev–Trinajstić information content (AvgIpc) is 2.85. The van der Waals surface area contributed by atoms with Crippen LogP contribution in [0.1, 0.15) is 31.2 Å². The van der Waals surface area contributed by atoms with Gasteiger partial charge in [0, 0.05) is 11.5 Å². The number of nitrogens with zero attached hydrogens (tertiary/aromatic N) is 1. The molecular formula is C17H25NO3. The van der Waals surface area contributed by atoms with Gasteiger partial charge in [-0.1, -0.05) is 6.07 Å². The van der Waals surface area contributed by atoms with E-state index in [1.165, 1.54) is 5.56 Å².